The van der Waals surface area contributed by atoms with Crippen LogP contribution >= 0.6 is 0 Å². The van der Waals surface area contributed by atoms with Crippen molar-refractivity contribution in [3.63, 3.8) is 0 Å². The number of hydrogen-bond acceptors (Lipinski definition) is 1. The van der Waals surface area contributed by atoms with Crippen molar-refractivity contribution in [1.82, 2.24) is 5.32 Å². The van der Waals surface area contributed by atoms with E-state index in [9.17, 15) is 4.39 Å². The molecule has 88 valence electrons. The zero-order chi connectivity index (χ0) is 11.5. The topological polar surface area (TPSA) is 12.0 Å². The Morgan fingerprint density at radius 2 is 1.94 bits per heavy atom. The third-order valence-corrected chi connectivity index (χ3v) is 3.57. The van der Waals surface area contributed by atoms with E-state index < -0.39 is 0 Å². The van der Waals surface area contributed by atoms with Crippen molar-refractivity contribution in [3.8, 4) is 0 Å². The minimum absolute atomic E-state index is 0.157. The van der Waals surface area contributed by atoms with E-state index >= 15 is 0 Å². The number of halogens is 1. The molecule has 1 heterocycles. The molecule has 1 saturated heterocycles. The smallest absolute Gasteiger partial charge is 0.0941 e. The molecule has 0 unspecified atom stereocenters. The van der Waals surface area contributed by atoms with Crippen molar-refractivity contribution in [3.05, 3.63) is 35.4 Å². The SMILES string of the molecule is CC(C)c1ccc([C@H]2CNC[C@@H]2CF)cc1. The number of alkyl halides is 1. The van der Waals surface area contributed by atoms with Gasteiger partial charge in [0.1, 0.15) is 0 Å². The van der Waals surface area contributed by atoms with Crippen molar-refractivity contribution < 1.29 is 4.39 Å². The summed E-state index contributed by atoms with van der Waals surface area (Å²) in [5.74, 6) is 1.07. The third kappa shape index (κ3) is 2.27. The molecule has 0 spiro atoms. The highest BCUT2D eigenvalue weighted by atomic mass is 19.1. The molecule has 1 aromatic rings. The lowest BCUT2D eigenvalue weighted by Crippen LogP contribution is -2.12. The maximum absolute atomic E-state index is 12.8. The summed E-state index contributed by atoms with van der Waals surface area (Å²) in [4.78, 5) is 0. The van der Waals surface area contributed by atoms with Crippen LogP contribution in [0.15, 0.2) is 24.3 Å². The first-order valence-corrected chi connectivity index (χ1v) is 6.09. The largest absolute Gasteiger partial charge is 0.316 e. The lowest BCUT2D eigenvalue weighted by Gasteiger charge is -2.16. The van der Waals surface area contributed by atoms with Gasteiger partial charge < -0.3 is 5.32 Å². The van der Waals surface area contributed by atoms with Crippen molar-refractivity contribution >= 4 is 0 Å². The van der Waals surface area contributed by atoms with Gasteiger partial charge in [-0.2, -0.15) is 0 Å². The quantitative estimate of drug-likeness (QED) is 0.827. The van der Waals surface area contributed by atoms with E-state index in [-0.39, 0.29) is 12.6 Å². The lowest BCUT2D eigenvalue weighted by molar-refractivity contribution is 0.358. The second-order valence-electron chi connectivity index (χ2n) is 5.00. The molecule has 1 aromatic carbocycles. The summed E-state index contributed by atoms with van der Waals surface area (Å²) in [6.45, 7) is 5.89. The van der Waals surface area contributed by atoms with Crippen LogP contribution in [0, 0.1) is 5.92 Å². The van der Waals surface area contributed by atoms with E-state index in [4.69, 9.17) is 0 Å². The Morgan fingerprint density at radius 3 is 2.50 bits per heavy atom. The van der Waals surface area contributed by atoms with Gasteiger partial charge in [-0.05, 0) is 17.0 Å². The van der Waals surface area contributed by atoms with Crippen LogP contribution in [0.3, 0.4) is 0 Å². The molecule has 0 aliphatic carbocycles. The van der Waals surface area contributed by atoms with Gasteiger partial charge in [0.2, 0.25) is 0 Å². The third-order valence-electron chi connectivity index (χ3n) is 3.57. The summed E-state index contributed by atoms with van der Waals surface area (Å²) in [5, 5.41) is 3.27. The highest BCUT2D eigenvalue weighted by Crippen LogP contribution is 2.29. The van der Waals surface area contributed by atoms with Crippen LogP contribution in [0.2, 0.25) is 0 Å². The summed E-state index contributed by atoms with van der Waals surface area (Å²) in [7, 11) is 0. The molecule has 2 rings (SSSR count). The van der Waals surface area contributed by atoms with Crippen molar-refractivity contribution in [2.24, 2.45) is 5.92 Å². The molecule has 2 heteroatoms. The predicted octanol–water partition coefficient (Wildman–Crippen LogP) is 3.08. The van der Waals surface area contributed by atoms with Gasteiger partial charge in [-0.15, -0.1) is 0 Å². The Hall–Kier alpha value is -0.890. The highest BCUT2D eigenvalue weighted by molar-refractivity contribution is 5.28. The van der Waals surface area contributed by atoms with Gasteiger partial charge >= 0.3 is 0 Å². The van der Waals surface area contributed by atoms with Gasteiger partial charge in [0.25, 0.3) is 0 Å². The molecular weight excluding hydrogens is 201 g/mol. The van der Waals surface area contributed by atoms with Crippen molar-refractivity contribution in [2.45, 2.75) is 25.7 Å². The Labute approximate surface area is 97.1 Å². The van der Waals surface area contributed by atoms with Crippen LogP contribution in [-0.4, -0.2) is 19.8 Å². The summed E-state index contributed by atoms with van der Waals surface area (Å²) >= 11 is 0. The Kier molecular flexibility index (Phi) is 3.59. The minimum atomic E-state index is -0.219. The maximum atomic E-state index is 12.8. The summed E-state index contributed by atoms with van der Waals surface area (Å²) in [5.41, 5.74) is 2.63. The summed E-state index contributed by atoms with van der Waals surface area (Å²) < 4.78 is 12.8. The van der Waals surface area contributed by atoms with Crippen molar-refractivity contribution in [1.29, 1.82) is 0 Å². The number of rotatable bonds is 3. The molecule has 1 aliphatic heterocycles. The van der Waals surface area contributed by atoms with Crippen LogP contribution in [-0.2, 0) is 0 Å². The number of benzene rings is 1. The van der Waals surface area contributed by atoms with E-state index in [1.165, 1.54) is 11.1 Å². The molecule has 1 nitrogen and oxygen atoms in total. The van der Waals surface area contributed by atoms with Gasteiger partial charge in [0.15, 0.2) is 0 Å². The zero-order valence-electron chi connectivity index (χ0n) is 10.0. The van der Waals surface area contributed by atoms with Crippen LogP contribution in [0.5, 0.6) is 0 Å². The number of nitrogens with one attached hydrogen (secondary N) is 1. The molecule has 1 fully saturated rings. The van der Waals surface area contributed by atoms with E-state index in [1.54, 1.807) is 0 Å². The Bertz CT molecular complexity index is 331. The summed E-state index contributed by atoms with van der Waals surface area (Å²) in [6, 6.07) is 8.67. The van der Waals surface area contributed by atoms with Crippen molar-refractivity contribution in [2.75, 3.05) is 19.8 Å². The van der Waals surface area contributed by atoms with Gasteiger partial charge in [0, 0.05) is 24.9 Å². The molecule has 0 radical (unpaired) electrons. The van der Waals surface area contributed by atoms with Crippen LogP contribution in [0.4, 0.5) is 4.39 Å². The van der Waals surface area contributed by atoms with Gasteiger partial charge in [-0.25, -0.2) is 0 Å². The molecule has 0 bridgehead atoms. The lowest BCUT2D eigenvalue weighted by atomic mass is 9.88. The van der Waals surface area contributed by atoms with Gasteiger partial charge in [0.05, 0.1) is 6.67 Å². The van der Waals surface area contributed by atoms with E-state index in [0.717, 1.165) is 13.1 Å². The van der Waals surface area contributed by atoms with E-state index in [1.807, 2.05) is 0 Å². The summed E-state index contributed by atoms with van der Waals surface area (Å²) in [6.07, 6.45) is 0. The highest BCUT2D eigenvalue weighted by Gasteiger charge is 2.28. The molecular formula is C14H20FN. The van der Waals surface area contributed by atoms with Gasteiger partial charge in [-0.1, -0.05) is 38.1 Å². The van der Waals surface area contributed by atoms with Crippen LogP contribution in [0.25, 0.3) is 0 Å². The van der Waals surface area contributed by atoms with Crippen LogP contribution in [0.1, 0.15) is 36.8 Å². The molecule has 2 atom stereocenters. The minimum Gasteiger partial charge on any atom is -0.316 e. The molecule has 0 saturated carbocycles. The second kappa shape index (κ2) is 4.96. The monoisotopic (exact) mass is 221 g/mol. The molecule has 0 aromatic heterocycles. The predicted molar refractivity (Wildman–Crippen MR) is 65.6 cm³/mol. The average molecular weight is 221 g/mol. The first-order valence-electron chi connectivity index (χ1n) is 6.09. The normalized spacial score (nSPS) is 25.2. The number of hydrogen-bond donors (Lipinski definition) is 1. The van der Waals surface area contributed by atoms with Crippen LogP contribution < -0.4 is 5.32 Å². The Balaban J connectivity index is 2.15. The maximum Gasteiger partial charge on any atom is 0.0941 e. The Morgan fingerprint density at radius 1 is 1.25 bits per heavy atom. The average Bonchev–Trinajstić information content (AvgIpc) is 2.77. The molecule has 1 N–H and O–H groups in total. The fourth-order valence-corrected chi connectivity index (χ4v) is 2.41. The first-order chi connectivity index (χ1) is 7.72. The van der Waals surface area contributed by atoms with E-state index in [0.29, 0.717) is 11.8 Å². The fraction of sp³-hybridized carbons (Fsp3) is 0.571. The second-order valence-corrected chi connectivity index (χ2v) is 5.00. The standard InChI is InChI=1S/C14H20FN/c1-10(2)11-3-5-12(6-4-11)14-9-16-8-13(14)7-15/h3-6,10,13-14,16H,7-9H2,1-2H3/t13-,14+/m0/s1. The first kappa shape index (κ1) is 11.6. The molecule has 16 heavy (non-hydrogen) atoms. The molecule has 1 aliphatic rings. The molecule has 0 amide bonds. The van der Waals surface area contributed by atoms with E-state index in [2.05, 4.69) is 43.4 Å². The zero-order valence-corrected chi connectivity index (χ0v) is 10.0. The fourth-order valence-electron chi connectivity index (χ4n) is 2.41. The van der Waals surface area contributed by atoms with Gasteiger partial charge in [-0.3, -0.25) is 4.39 Å².